The lowest BCUT2D eigenvalue weighted by atomic mass is 9.94. The first-order chi connectivity index (χ1) is 5.27. The zero-order chi connectivity index (χ0) is 7.90. The van der Waals surface area contributed by atoms with Gasteiger partial charge in [-0.2, -0.15) is 0 Å². The highest BCUT2D eigenvalue weighted by molar-refractivity contribution is 5.85. The van der Waals surface area contributed by atoms with E-state index in [0.717, 1.165) is 12.8 Å². The maximum Gasteiger partial charge on any atom is 0.330 e. The Hall–Kier alpha value is -0.830. The first kappa shape index (κ1) is 6.85. The molecule has 2 rings (SSSR count). The molecule has 0 unspecified atom stereocenters. The number of nitrogens with one attached hydrogen (secondary N) is 1. The Morgan fingerprint density at radius 3 is 3.00 bits per heavy atom. The van der Waals surface area contributed by atoms with Crippen molar-refractivity contribution >= 4 is 5.97 Å². The van der Waals surface area contributed by atoms with Gasteiger partial charge < -0.3 is 4.74 Å². The molecule has 2 atom stereocenters. The molecule has 0 radical (unpaired) electrons. The van der Waals surface area contributed by atoms with Crippen LogP contribution in [0.25, 0.3) is 0 Å². The Bertz CT molecular complexity index is 224. The second-order valence-corrected chi connectivity index (χ2v) is 3.11. The lowest BCUT2D eigenvalue weighted by Crippen LogP contribution is -2.45. The van der Waals surface area contributed by atoms with Crippen LogP contribution in [0.2, 0.25) is 0 Å². The van der Waals surface area contributed by atoms with Crippen LogP contribution >= 0.6 is 0 Å². The number of ether oxygens (including phenoxy) is 1. The van der Waals surface area contributed by atoms with Gasteiger partial charge in [0.05, 0.1) is 7.11 Å². The minimum atomic E-state index is -0.473. The van der Waals surface area contributed by atoms with E-state index < -0.39 is 5.54 Å². The molecule has 2 aliphatic rings. The molecule has 60 valence electrons. The summed E-state index contributed by atoms with van der Waals surface area (Å²) in [5.41, 5.74) is -0.473. The van der Waals surface area contributed by atoms with Crippen LogP contribution in [0.3, 0.4) is 0 Å². The highest BCUT2D eigenvalue weighted by Crippen LogP contribution is 2.32. The van der Waals surface area contributed by atoms with Gasteiger partial charge in [0.15, 0.2) is 0 Å². The van der Waals surface area contributed by atoms with E-state index in [1.165, 1.54) is 7.11 Å². The van der Waals surface area contributed by atoms with Gasteiger partial charge in [-0.15, -0.1) is 0 Å². The predicted molar refractivity (Wildman–Crippen MR) is 40.0 cm³/mol. The molecule has 0 aromatic carbocycles. The van der Waals surface area contributed by atoms with Crippen molar-refractivity contribution in [1.82, 2.24) is 5.32 Å². The molecule has 2 heterocycles. The zero-order valence-electron chi connectivity index (χ0n) is 6.46. The third kappa shape index (κ3) is 0.807. The number of carbonyl (C=O) groups is 1. The summed E-state index contributed by atoms with van der Waals surface area (Å²) in [6.07, 6.45) is 5.89. The minimum Gasteiger partial charge on any atom is -0.467 e. The molecule has 3 nitrogen and oxygen atoms in total. The summed E-state index contributed by atoms with van der Waals surface area (Å²) in [7, 11) is 1.43. The Morgan fingerprint density at radius 2 is 2.64 bits per heavy atom. The molecule has 2 bridgehead atoms. The second-order valence-electron chi connectivity index (χ2n) is 3.11. The maximum atomic E-state index is 11.3. The van der Waals surface area contributed by atoms with E-state index in [0.29, 0.717) is 6.04 Å². The molecule has 0 aromatic heterocycles. The maximum absolute atomic E-state index is 11.3. The Balaban J connectivity index is 2.23. The number of hydrogen-bond donors (Lipinski definition) is 1. The summed E-state index contributed by atoms with van der Waals surface area (Å²) in [4.78, 5) is 11.3. The Labute approximate surface area is 65.4 Å². The fraction of sp³-hybridized carbons (Fsp3) is 0.625. The molecule has 0 aliphatic carbocycles. The van der Waals surface area contributed by atoms with Crippen molar-refractivity contribution in [2.45, 2.75) is 24.4 Å². The summed E-state index contributed by atoms with van der Waals surface area (Å²) in [6, 6.07) is 0.397. The van der Waals surface area contributed by atoms with Gasteiger partial charge in [-0.05, 0) is 12.8 Å². The van der Waals surface area contributed by atoms with Crippen LogP contribution in [0.15, 0.2) is 12.2 Å². The fourth-order valence-electron chi connectivity index (χ4n) is 1.83. The molecule has 3 heteroatoms. The van der Waals surface area contributed by atoms with Gasteiger partial charge in [-0.1, -0.05) is 12.2 Å². The van der Waals surface area contributed by atoms with Crippen LogP contribution < -0.4 is 5.32 Å². The third-order valence-electron chi connectivity index (χ3n) is 2.46. The highest BCUT2D eigenvalue weighted by atomic mass is 16.5. The largest absolute Gasteiger partial charge is 0.467 e. The molecular formula is C8H11NO2. The molecule has 11 heavy (non-hydrogen) atoms. The second kappa shape index (κ2) is 2.08. The van der Waals surface area contributed by atoms with E-state index in [-0.39, 0.29) is 5.97 Å². The van der Waals surface area contributed by atoms with Crippen molar-refractivity contribution in [3.8, 4) is 0 Å². The van der Waals surface area contributed by atoms with E-state index in [4.69, 9.17) is 4.74 Å². The van der Waals surface area contributed by atoms with Crippen molar-refractivity contribution in [2.24, 2.45) is 0 Å². The quantitative estimate of drug-likeness (QED) is 0.432. The van der Waals surface area contributed by atoms with E-state index >= 15 is 0 Å². The summed E-state index contributed by atoms with van der Waals surface area (Å²) in [6.45, 7) is 0. The SMILES string of the molecule is COC(=O)[C@@]12C=C[C@@H](CC1)N2. The van der Waals surface area contributed by atoms with Crippen molar-refractivity contribution < 1.29 is 9.53 Å². The molecular weight excluding hydrogens is 142 g/mol. The minimum absolute atomic E-state index is 0.159. The van der Waals surface area contributed by atoms with Crippen molar-refractivity contribution in [1.29, 1.82) is 0 Å². The smallest absolute Gasteiger partial charge is 0.330 e. The van der Waals surface area contributed by atoms with Gasteiger partial charge in [0.1, 0.15) is 5.54 Å². The summed E-state index contributed by atoms with van der Waals surface area (Å²) in [5.74, 6) is -0.159. The summed E-state index contributed by atoms with van der Waals surface area (Å²) < 4.78 is 4.70. The normalized spacial score (nSPS) is 39.5. The summed E-state index contributed by atoms with van der Waals surface area (Å²) >= 11 is 0. The first-order valence-electron chi connectivity index (χ1n) is 3.82. The van der Waals surface area contributed by atoms with E-state index in [2.05, 4.69) is 5.32 Å². The van der Waals surface area contributed by atoms with E-state index in [1.807, 2.05) is 12.2 Å². The molecule has 0 aromatic rings. The van der Waals surface area contributed by atoms with Crippen LogP contribution in [-0.2, 0) is 9.53 Å². The summed E-state index contributed by atoms with van der Waals surface area (Å²) in [5, 5.41) is 3.21. The van der Waals surface area contributed by atoms with Crippen molar-refractivity contribution in [3.63, 3.8) is 0 Å². The average Bonchev–Trinajstić information content (AvgIpc) is 2.62. The molecule has 0 amide bonds. The van der Waals surface area contributed by atoms with Gasteiger partial charge in [0.2, 0.25) is 0 Å². The number of esters is 1. The molecule has 1 fully saturated rings. The number of rotatable bonds is 1. The fourth-order valence-corrected chi connectivity index (χ4v) is 1.83. The molecule has 0 spiro atoms. The average molecular weight is 153 g/mol. The Kier molecular flexibility index (Phi) is 1.29. The topological polar surface area (TPSA) is 38.3 Å². The monoisotopic (exact) mass is 153 g/mol. The molecule has 2 aliphatic heterocycles. The highest BCUT2D eigenvalue weighted by Gasteiger charge is 2.46. The van der Waals surface area contributed by atoms with Crippen LogP contribution in [0.1, 0.15) is 12.8 Å². The number of fused-ring (bicyclic) bond motifs is 2. The number of hydrogen-bond acceptors (Lipinski definition) is 3. The number of methoxy groups -OCH3 is 1. The number of carbonyl (C=O) groups excluding carboxylic acids is 1. The van der Waals surface area contributed by atoms with E-state index in [1.54, 1.807) is 0 Å². The van der Waals surface area contributed by atoms with Crippen LogP contribution in [0.4, 0.5) is 0 Å². The Morgan fingerprint density at radius 1 is 1.82 bits per heavy atom. The lowest BCUT2D eigenvalue weighted by molar-refractivity contribution is -0.145. The first-order valence-corrected chi connectivity index (χ1v) is 3.82. The van der Waals surface area contributed by atoms with Crippen LogP contribution in [0, 0.1) is 0 Å². The van der Waals surface area contributed by atoms with Gasteiger partial charge >= 0.3 is 5.97 Å². The van der Waals surface area contributed by atoms with Crippen LogP contribution in [-0.4, -0.2) is 24.7 Å². The lowest BCUT2D eigenvalue weighted by Gasteiger charge is -2.19. The molecule has 1 saturated heterocycles. The van der Waals surface area contributed by atoms with Gasteiger partial charge in [0, 0.05) is 6.04 Å². The zero-order valence-corrected chi connectivity index (χ0v) is 6.46. The van der Waals surface area contributed by atoms with Crippen molar-refractivity contribution in [3.05, 3.63) is 12.2 Å². The van der Waals surface area contributed by atoms with Gasteiger partial charge in [-0.3, -0.25) is 5.32 Å². The third-order valence-corrected chi connectivity index (χ3v) is 2.46. The van der Waals surface area contributed by atoms with Crippen LogP contribution in [0.5, 0.6) is 0 Å². The molecule has 1 N–H and O–H groups in total. The standard InChI is InChI=1S/C8H11NO2/c1-11-7(10)8-4-2-6(9-8)3-5-8/h2,4,6,9H,3,5H2,1H3/t6-,8+/m0/s1. The van der Waals surface area contributed by atoms with Gasteiger partial charge in [0.25, 0.3) is 0 Å². The molecule has 0 saturated carbocycles. The van der Waals surface area contributed by atoms with Gasteiger partial charge in [-0.25, -0.2) is 4.79 Å². The van der Waals surface area contributed by atoms with E-state index in [9.17, 15) is 4.79 Å². The van der Waals surface area contributed by atoms with Crippen molar-refractivity contribution in [2.75, 3.05) is 7.11 Å². The predicted octanol–water partition coefficient (Wildman–Crippen LogP) is 0.220.